The molecule has 4 rings (SSSR count). The molecule has 1 atom stereocenters. The van der Waals surface area contributed by atoms with Gasteiger partial charge in [0.1, 0.15) is 28.9 Å². The van der Waals surface area contributed by atoms with Gasteiger partial charge in [-0.3, -0.25) is 4.79 Å². The maximum atomic E-state index is 12.7. The van der Waals surface area contributed by atoms with E-state index in [1.807, 2.05) is 6.07 Å². The van der Waals surface area contributed by atoms with E-state index in [-0.39, 0.29) is 34.3 Å². The summed E-state index contributed by atoms with van der Waals surface area (Å²) in [7, 11) is 0. The van der Waals surface area contributed by atoms with E-state index in [9.17, 15) is 15.2 Å². The van der Waals surface area contributed by atoms with Gasteiger partial charge in [0, 0.05) is 11.3 Å². The Balaban J connectivity index is 2.12. The Morgan fingerprint density at radius 3 is 2.74 bits per heavy atom. The molecule has 8 heteroatoms. The van der Waals surface area contributed by atoms with Gasteiger partial charge in [-0.25, -0.2) is 0 Å². The predicted molar refractivity (Wildman–Crippen MR) is 98.7 cm³/mol. The Labute approximate surface area is 153 Å². The first-order valence-corrected chi connectivity index (χ1v) is 8.10. The van der Waals surface area contributed by atoms with Gasteiger partial charge in [0.15, 0.2) is 0 Å². The number of para-hydroxylation sites is 1. The molecule has 2 aromatic heterocycles. The number of aryl methyl sites for hydroxylation is 1. The fourth-order valence-electron chi connectivity index (χ4n) is 3.42. The quantitative estimate of drug-likeness (QED) is 0.405. The molecule has 1 aromatic carbocycles. The van der Waals surface area contributed by atoms with Crippen LogP contribution in [0, 0.1) is 18.3 Å². The molecule has 0 amide bonds. The first-order chi connectivity index (χ1) is 12.9. The van der Waals surface area contributed by atoms with Crippen LogP contribution in [-0.2, 0) is 0 Å². The van der Waals surface area contributed by atoms with Crippen molar-refractivity contribution in [2.24, 2.45) is 0 Å². The van der Waals surface area contributed by atoms with Crippen LogP contribution < -0.4 is 21.8 Å². The van der Waals surface area contributed by atoms with Crippen LogP contribution in [-0.4, -0.2) is 15.1 Å². The van der Waals surface area contributed by atoms with Crippen molar-refractivity contribution in [1.82, 2.24) is 9.97 Å². The molecule has 3 heterocycles. The number of nitrogens with two attached hydrogens (primary N) is 2. The topological polar surface area (TPSA) is 151 Å². The number of nitrogens with one attached hydrogen (secondary N) is 1. The monoisotopic (exact) mass is 361 g/mol. The molecular formula is C19H15N5O3. The van der Waals surface area contributed by atoms with Crippen LogP contribution in [0.25, 0.3) is 0 Å². The van der Waals surface area contributed by atoms with Gasteiger partial charge in [-0.05, 0) is 19.1 Å². The molecule has 134 valence electrons. The molecule has 1 aliphatic rings. The summed E-state index contributed by atoms with van der Waals surface area (Å²) in [5.74, 6) is -0.445. The van der Waals surface area contributed by atoms with Crippen LogP contribution in [0.4, 0.5) is 11.5 Å². The minimum absolute atomic E-state index is 0.00441. The highest BCUT2D eigenvalue weighted by atomic mass is 16.5. The van der Waals surface area contributed by atoms with Crippen LogP contribution in [0.2, 0.25) is 0 Å². The number of pyridine rings is 2. The summed E-state index contributed by atoms with van der Waals surface area (Å²) in [6.07, 6.45) is 0. The smallest absolute Gasteiger partial charge is 0.256 e. The Morgan fingerprint density at radius 1 is 1.30 bits per heavy atom. The molecule has 0 radical (unpaired) electrons. The molecule has 8 nitrogen and oxygen atoms in total. The van der Waals surface area contributed by atoms with Crippen molar-refractivity contribution in [3.05, 3.63) is 68.6 Å². The van der Waals surface area contributed by atoms with Crippen molar-refractivity contribution in [3.8, 4) is 23.4 Å². The first kappa shape index (κ1) is 16.5. The summed E-state index contributed by atoms with van der Waals surface area (Å²) >= 11 is 0. The first-order valence-electron chi connectivity index (χ1n) is 8.10. The third-order valence-electron chi connectivity index (χ3n) is 4.58. The largest absolute Gasteiger partial charge is 0.507 e. The van der Waals surface area contributed by atoms with Gasteiger partial charge in [0.2, 0.25) is 5.88 Å². The summed E-state index contributed by atoms with van der Waals surface area (Å²) in [6.45, 7) is 1.67. The lowest BCUT2D eigenvalue weighted by Gasteiger charge is -2.29. The van der Waals surface area contributed by atoms with E-state index in [1.54, 1.807) is 31.2 Å². The number of H-pyrrole nitrogens is 1. The van der Waals surface area contributed by atoms with E-state index in [0.717, 1.165) is 0 Å². The van der Waals surface area contributed by atoms with E-state index in [1.165, 1.54) is 6.07 Å². The number of nitrogen functional groups attached to an aromatic ring is 2. The summed E-state index contributed by atoms with van der Waals surface area (Å²) < 4.78 is 5.82. The van der Waals surface area contributed by atoms with Gasteiger partial charge >= 0.3 is 0 Å². The maximum absolute atomic E-state index is 12.7. The molecule has 0 fully saturated rings. The van der Waals surface area contributed by atoms with Crippen molar-refractivity contribution in [3.63, 3.8) is 0 Å². The van der Waals surface area contributed by atoms with Crippen LogP contribution in [0.15, 0.2) is 35.1 Å². The van der Waals surface area contributed by atoms with Crippen LogP contribution >= 0.6 is 0 Å². The Kier molecular flexibility index (Phi) is 3.53. The van der Waals surface area contributed by atoms with E-state index >= 15 is 0 Å². The number of benzene rings is 1. The zero-order valence-electron chi connectivity index (χ0n) is 14.3. The average molecular weight is 361 g/mol. The van der Waals surface area contributed by atoms with Crippen LogP contribution in [0.1, 0.15) is 33.9 Å². The molecule has 1 unspecified atom stereocenters. The molecule has 3 aromatic rings. The molecule has 0 aliphatic carbocycles. The van der Waals surface area contributed by atoms with Crippen molar-refractivity contribution < 1.29 is 9.84 Å². The second-order valence-electron chi connectivity index (χ2n) is 6.27. The minimum Gasteiger partial charge on any atom is -0.507 e. The Morgan fingerprint density at radius 2 is 2.04 bits per heavy atom. The van der Waals surface area contributed by atoms with E-state index in [4.69, 9.17) is 16.2 Å². The standard InChI is InChI=1S/C19H15N5O3/c1-8-6-11(25)14(18(26)23-8)13-9-4-2-3-5-12(9)27-19-15(13)16(21)10(7-20)17(22)24-19/h2-6,13H,1H3,(H4,21,22,24)(H2,23,25,26). The van der Waals surface area contributed by atoms with Gasteiger partial charge in [0.05, 0.1) is 22.7 Å². The third kappa shape index (κ3) is 2.37. The minimum atomic E-state index is -0.769. The molecule has 0 saturated carbocycles. The van der Waals surface area contributed by atoms with Gasteiger partial charge in [-0.15, -0.1) is 0 Å². The molecular weight excluding hydrogens is 346 g/mol. The molecule has 1 aliphatic heterocycles. The molecule has 6 N–H and O–H groups in total. The fourth-order valence-corrected chi connectivity index (χ4v) is 3.42. The fraction of sp³-hybridized carbons (Fsp3) is 0.105. The number of aromatic amines is 1. The van der Waals surface area contributed by atoms with Crippen molar-refractivity contribution >= 4 is 11.5 Å². The van der Waals surface area contributed by atoms with Gasteiger partial charge in [0.25, 0.3) is 5.56 Å². The predicted octanol–water partition coefficient (Wildman–Crippen LogP) is 2.11. The number of anilines is 2. The normalized spacial score (nSPS) is 14.6. The van der Waals surface area contributed by atoms with Crippen molar-refractivity contribution in [2.45, 2.75) is 12.8 Å². The highest BCUT2D eigenvalue weighted by Crippen LogP contribution is 2.50. The number of fused-ring (bicyclic) bond motifs is 2. The van der Waals surface area contributed by atoms with E-state index in [0.29, 0.717) is 22.6 Å². The second kappa shape index (κ2) is 5.78. The lowest BCUT2D eigenvalue weighted by Crippen LogP contribution is -2.23. The lowest BCUT2D eigenvalue weighted by molar-refractivity contribution is 0.428. The summed E-state index contributed by atoms with van der Waals surface area (Å²) in [6, 6.07) is 10.4. The molecule has 0 bridgehead atoms. The lowest BCUT2D eigenvalue weighted by atomic mass is 9.82. The number of nitriles is 1. The van der Waals surface area contributed by atoms with E-state index in [2.05, 4.69) is 9.97 Å². The molecule has 0 saturated heterocycles. The van der Waals surface area contributed by atoms with E-state index < -0.39 is 11.5 Å². The number of rotatable bonds is 1. The average Bonchev–Trinajstić information content (AvgIpc) is 2.60. The van der Waals surface area contributed by atoms with Crippen LogP contribution in [0.5, 0.6) is 17.4 Å². The number of aromatic nitrogens is 2. The van der Waals surface area contributed by atoms with Gasteiger partial charge in [-0.2, -0.15) is 10.2 Å². The summed E-state index contributed by atoms with van der Waals surface area (Å²) in [4.78, 5) is 19.6. The highest BCUT2D eigenvalue weighted by Gasteiger charge is 2.36. The highest BCUT2D eigenvalue weighted by molar-refractivity contribution is 5.75. The maximum Gasteiger partial charge on any atom is 0.256 e. The van der Waals surface area contributed by atoms with Gasteiger partial charge in [-0.1, -0.05) is 18.2 Å². The Bertz CT molecular complexity index is 1190. The second-order valence-corrected chi connectivity index (χ2v) is 6.27. The summed E-state index contributed by atoms with van der Waals surface area (Å²) in [5, 5.41) is 19.9. The molecule has 27 heavy (non-hydrogen) atoms. The number of hydrogen-bond acceptors (Lipinski definition) is 7. The zero-order valence-corrected chi connectivity index (χ0v) is 14.3. The number of aromatic hydroxyl groups is 1. The number of nitrogens with zero attached hydrogens (tertiary/aromatic N) is 2. The third-order valence-corrected chi connectivity index (χ3v) is 4.58. The van der Waals surface area contributed by atoms with Crippen LogP contribution in [0.3, 0.4) is 0 Å². The SMILES string of the molecule is Cc1cc(O)c(C2c3ccccc3Oc3nc(N)c(C#N)c(N)c32)c(=O)[nH]1. The molecule has 0 spiro atoms. The van der Waals surface area contributed by atoms with Crippen molar-refractivity contribution in [2.75, 3.05) is 11.5 Å². The summed E-state index contributed by atoms with van der Waals surface area (Å²) in [5.41, 5.74) is 13.2. The van der Waals surface area contributed by atoms with Crippen molar-refractivity contribution in [1.29, 1.82) is 5.26 Å². The number of hydrogen-bond donors (Lipinski definition) is 4. The van der Waals surface area contributed by atoms with Gasteiger partial charge < -0.3 is 26.3 Å². The Hall–Kier alpha value is -3.99. The number of ether oxygens (including phenoxy) is 1. The zero-order chi connectivity index (χ0) is 19.3.